The second-order valence-electron chi connectivity index (χ2n) is 5.00. The number of nitrogens with one attached hydrogen (secondary N) is 1. The summed E-state index contributed by atoms with van der Waals surface area (Å²) in [5, 5.41) is 13.2. The molecule has 0 aliphatic rings. The minimum atomic E-state index is 0.203. The molecule has 1 unspecified atom stereocenters. The molecule has 3 nitrogen and oxygen atoms in total. The maximum atomic E-state index is 9.09. The van der Waals surface area contributed by atoms with Crippen molar-refractivity contribution in [2.24, 2.45) is 0 Å². The zero-order chi connectivity index (χ0) is 14.3. The molecule has 4 heteroatoms. The molecule has 1 rings (SSSR count). The van der Waals surface area contributed by atoms with Crippen molar-refractivity contribution in [2.75, 3.05) is 26.7 Å². The molecule has 0 amide bonds. The van der Waals surface area contributed by atoms with Gasteiger partial charge in [-0.05, 0) is 38.9 Å². The molecule has 0 fully saturated rings. The maximum Gasteiger partial charge on any atom is 0.0558 e. The number of nitrogens with zero attached hydrogens (tertiary/aromatic N) is 1. The molecule has 0 saturated heterocycles. The summed E-state index contributed by atoms with van der Waals surface area (Å²) >= 11 is 6.24. The van der Waals surface area contributed by atoms with E-state index in [1.807, 2.05) is 25.2 Å². The summed E-state index contributed by atoms with van der Waals surface area (Å²) in [5.74, 6) is 0. The first kappa shape index (κ1) is 16.4. The number of halogens is 1. The van der Waals surface area contributed by atoms with Crippen molar-refractivity contribution in [3.05, 3.63) is 34.9 Å². The lowest BCUT2D eigenvalue weighted by Gasteiger charge is -2.28. The fourth-order valence-corrected chi connectivity index (χ4v) is 2.53. The Hall–Kier alpha value is -0.610. The van der Waals surface area contributed by atoms with Crippen LogP contribution >= 0.6 is 11.6 Å². The lowest BCUT2D eigenvalue weighted by molar-refractivity contribution is 0.160. The molecule has 0 aromatic heterocycles. The van der Waals surface area contributed by atoms with Gasteiger partial charge in [-0.25, -0.2) is 0 Å². The normalized spacial score (nSPS) is 13.2. The molecule has 2 N–H and O–H groups in total. The van der Waals surface area contributed by atoms with Gasteiger partial charge in [0.05, 0.1) is 6.61 Å². The van der Waals surface area contributed by atoms with Gasteiger partial charge in [0.25, 0.3) is 0 Å². The lowest BCUT2D eigenvalue weighted by atomic mass is 10.0. The third kappa shape index (κ3) is 5.11. The summed E-state index contributed by atoms with van der Waals surface area (Å²) in [7, 11) is 1.96. The number of aliphatic hydroxyl groups is 1. The van der Waals surface area contributed by atoms with E-state index >= 15 is 0 Å². The first-order chi connectivity index (χ1) is 9.10. The minimum Gasteiger partial charge on any atom is -0.395 e. The van der Waals surface area contributed by atoms with Crippen LogP contribution in [0.25, 0.3) is 0 Å². The fourth-order valence-electron chi connectivity index (χ4n) is 2.26. The summed E-state index contributed by atoms with van der Waals surface area (Å²) < 4.78 is 0. The second kappa shape index (κ2) is 8.54. The Balaban J connectivity index is 2.65. The van der Waals surface area contributed by atoms with E-state index in [0.717, 1.165) is 30.1 Å². The van der Waals surface area contributed by atoms with Crippen LogP contribution in [-0.4, -0.2) is 42.8 Å². The average Bonchev–Trinajstić information content (AvgIpc) is 2.39. The molecular formula is C15H25ClN2O. The van der Waals surface area contributed by atoms with Gasteiger partial charge in [0.15, 0.2) is 0 Å². The van der Waals surface area contributed by atoms with Crippen molar-refractivity contribution in [3.63, 3.8) is 0 Å². The van der Waals surface area contributed by atoms with E-state index in [-0.39, 0.29) is 12.6 Å². The highest BCUT2D eigenvalue weighted by atomic mass is 35.5. The van der Waals surface area contributed by atoms with Crippen molar-refractivity contribution >= 4 is 11.6 Å². The molecule has 0 aliphatic carbocycles. The molecule has 0 saturated carbocycles. The molecule has 1 aromatic carbocycles. The first-order valence-electron chi connectivity index (χ1n) is 6.86. The highest BCUT2D eigenvalue weighted by molar-refractivity contribution is 6.31. The van der Waals surface area contributed by atoms with Crippen LogP contribution in [0.5, 0.6) is 0 Å². The van der Waals surface area contributed by atoms with Crippen LogP contribution in [0, 0.1) is 0 Å². The Kier molecular flexibility index (Phi) is 7.39. The van der Waals surface area contributed by atoms with E-state index < -0.39 is 0 Å². The van der Waals surface area contributed by atoms with E-state index in [1.54, 1.807) is 0 Å². The average molecular weight is 285 g/mol. The van der Waals surface area contributed by atoms with Crippen molar-refractivity contribution in [3.8, 4) is 0 Å². The molecule has 0 bridgehead atoms. The van der Waals surface area contributed by atoms with Crippen LogP contribution in [0.3, 0.4) is 0 Å². The Morgan fingerprint density at radius 1 is 1.26 bits per heavy atom. The maximum absolute atomic E-state index is 9.09. The Morgan fingerprint density at radius 3 is 2.47 bits per heavy atom. The minimum absolute atomic E-state index is 0.203. The largest absolute Gasteiger partial charge is 0.395 e. The van der Waals surface area contributed by atoms with Gasteiger partial charge in [-0.15, -0.1) is 0 Å². The molecule has 1 atom stereocenters. The smallest absolute Gasteiger partial charge is 0.0558 e. The fraction of sp³-hybridized carbons (Fsp3) is 0.600. The third-order valence-corrected chi connectivity index (χ3v) is 3.80. The highest BCUT2D eigenvalue weighted by Gasteiger charge is 2.15. The summed E-state index contributed by atoms with van der Waals surface area (Å²) in [4.78, 5) is 2.28. The van der Waals surface area contributed by atoms with Gasteiger partial charge in [-0.2, -0.15) is 0 Å². The van der Waals surface area contributed by atoms with Gasteiger partial charge >= 0.3 is 0 Å². The number of hydrogen-bond acceptors (Lipinski definition) is 3. The molecular weight excluding hydrogens is 260 g/mol. The van der Waals surface area contributed by atoms with E-state index in [0.29, 0.717) is 6.04 Å². The monoisotopic (exact) mass is 284 g/mol. The quantitative estimate of drug-likeness (QED) is 0.770. The number of benzene rings is 1. The van der Waals surface area contributed by atoms with Crippen LogP contribution < -0.4 is 5.32 Å². The van der Waals surface area contributed by atoms with Crippen molar-refractivity contribution < 1.29 is 5.11 Å². The third-order valence-electron chi connectivity index (χ3n) is 3.45. The van der Waals surface area contributed by atoms with Crippen molar-refractivity contribution in [1.82, 2.24) is 10.2 Å². The van der Waals surface area contributed by atoms with Gasteiger partial charge in [0.1, 0.15) is 0 Å². The number of rotatable bonds is 8. The topological polar surface area (TPSA) is 35.5 Å². The van der Waals surface area contributed by atoms with Gasteiger partial charge < -0.3 is 10.4 Å². The number of hydrogen-bond donors (Lipinski definition) is 2. The van der Waals surface area contributed by atoms with Crippen molar-refractivity contribution in [2.45, 2.75) is 32.4 Å². The van der Waals surface area contributed by atoms with Crippen LogP contribution in [0.4, 0.5) is 0 Å². The Bertz CT molecular complexity index is 371. The van der Waals surface area contributed by atoms with Crippen LogP contribution in [-0.2, 0) is 0 Å². The van der Waals surface area contributed by atoms with Crippen LogP contribution in [0.1, 0.15) is 31.9 Å². The Labute approximate surface area is 121 Å². The van der Waals surface area contributed by atoms with Gasteiger partial charge in [0, 0.05) is 30.2 Å². The zero-order valence-electron chi connectivity index (χ0n) is 12.1. The van der Waals surface area contributed by atoms with E-state index in [9.17, 15) is 0 Å². The van der Waals surface area contributed by atoms with Gasteiger partial charge in [-0.1, -0.05) is 29.8 Å². The molecule has 108 valence electrons. The predicted octanol–water partition coefficient (Wildman–Crippen LogP) is 2.69. The van der Waals surface area contributed by atoms with Gasteiger partial charge in [0.2, 0.25) is 0 Å². The zero-order valence-corrected chi connectivity index (χ0v) is 12.8. The summed E-state index contributed by atoms with van der Waals surface area (Å²) in [5.41, 5.74) is 1.14. The second-order valence-corrected chi connectivity index (χ2v) is 5.41. The van der Waals surface area contributed by atoms with Gasteiger partial charge in [-0.3, -0.25) is 4.90 Å². The molecule has 0 spiro atoms. The summed E-state index contributed by atoms with van der Waals surface area (Å²) in [6.45, 7) is 6.17. The van der Waals surface area contributed by atoms with E-state index in [4.69, 9.17) is 16.7 Å². The first-order valence-corrected chi connectivity index (χ1v) is 7.24. The van der Waals surface area contributed by atoms with Crippen LogP contribution in [0.2, 0.25) is 5.02 Å². The molecule has 0 aliphatic heterocycles. The lowest BCUT2D eigenvalue weighted by Crippen LogP contribution is -2.36. The van der Waals surface area contributed by atoms with E-state index in [1.165, 1.54) is 0 Å². The SMILES string of the molecule is CNC(CCN(CCO)C(C)C)c1ccccc1Cl. The predicted molar refractivity (Wildman–Crippen MR) is 81.7 cm³/mol. The molecule has 19 heavy (non-hydrogen) atoms. The standard InChI is InChI=1S/C15H25ClN2O/c1-12(2)18(10-11-19)9-8-15(17-3)13-6-4-5-7-14(13)16/h4-7,12,15,17,19H,8-11H2,1-3H3. The molecule has 0 radical (unpaired) electrons. The van der Waals surface area contributed by atoms with Crippen LogP contribution in [0.15, 0.2) is 24.3 Å². The Morgan fingerprint density at radius 2 is 1.95 bits per heavy atom. The number of aliphatic hydroxyl groups excluding tert-OH is 1. The van der Waals surface area contributed by atoms with E-state index in [2.05, 4.69) is 30.1 Å². The highest BCUT2D eigenvalue weighted by Crippen LogP contribution is 2.25. The van der Waals surface area contributed by atoms with Crippen molar-refractivity contribution in [1.29, 1.82) is 0 Å². The molecule has 0 heterocycles. The summed E-state index contributed by atoms with van der Waals surface area (Å²) in [6.07, 6.45) is 0.971. The summed E-state index contributed by atoms with van der Waals surface area (Å²) in [6, 6.07) is 8.64. The molecule has 1 aromatic rings.